The van der Waals surface area contributed by atoms with Crippen LogP contribution in [0.4, 0.5) is 11.5 Å². The Balaban J connectivity index is 1.45. The molecule has 0 fully saturated rings. The van der Waals surface area contributed by atoms with Crippen LogP contribution < -0.4 is 24.4 Å². The molecule has 34 heavy (non-hydrogen) atoms. The Bertz CT molecular complexity index is 1210. The fourth-order valence-corrected chi connectivity index (χ4v) is 3.91. The molecule has 2 aromatic carbocycles. The Hall–Kier alpha value is -4.01. The van der Waals surface area contributed by atoms with Crippen LogP contribution >= 0.6 is 0 Å². The van der Waals surface area contributed by atoms with Gasteiger partial charge < -0.3 is 24.4 Å². The van der Waals surface area contributed by atoms with Crippen molar-refractivity contribution in [2.24, 2.45) is 0 Å². The number of hydrogen-bond donors (Lipinski definition) is 1. The molecular weight excluding hydrogens is 436 g/mol. The van der Waals surface area contributed by atoms with Gasteiger partial charge in [-0.2, -0.15) is 5.10 Å². The number of fused-ring (bicyclic) bond motifs is 1. The molecule has 1 N–H and O–H groups in total. The Kier molecular flexibility index (Phi) is 6.72. The highest BCUT2D eigenvalue weighted by Crippen LogP contribution is 2.33. The summed E-state index contributed by atoms with van der Waals surface area (Å²) in [5, 5.41) is 7.37. The molecule has 4 rings (SSSR count). The molecule has 0 bridgehead atoms. The van der Waals surface area contributed by atoms with Gasteiger partial charge in [0.05, 0.1) is 32.6 Å². The van der Waals surface area contributed by atoms with E-state index >= 15 is 0 Å². The zero-order valence-electron chi connectivity index (χ0n) is 19.7. The Morgan fingerprint density at radius 2 is 1.91 bits per heavy atom. The summed E-state index contributed by atoms with van der Waals surface area (Å²) >= 11 is 0. The molecule has 1 atom stereocenters. The number of rotatable bonds is 8. The van der Waals surface area contributed by atoms with Gasteiger partial charge in [0.2, 0.25) is 5.91 Å². The average molecular weight is 465 g/mol. The van der Waals surface area contributed by atoms with Crippen LogP contribution in [0.15, 0.2) is 48.7 Å². The van der Waals surface area contributed by atoms with E-state index in [4.69, 9.17) is 14.2 Å². The largest absolute Gasteiger partial charge is 0.493 e. The van der Waals surface area contributed by atoms with Gasteiger partial charge in [0, 0.05) is 18.5 Å². The maximum absolute atomic E-state index is 12.8. The van der Waals surface area contributed by atoms with E-state index < -0.39 is 6.10 Å². The fraction of sp³-hybridized carbons (Fsp3) is 0.320. The second-order valence-electron chi connectivity index (χ2n) is 8.04. The van der Waals surface area contributed by atoms with Crippen molar-refractivity contribution in [1.29, 1.82) is 0 Å². The summed E-state index contributed by atoms with van der Waals surface area (Å²) in [4.78, 5) is 27.1. The van der Waals surface area contributed by atoms with E-state index in [0.717, 1.165) is 11.1 Å². The molecule has 0 spiro atoms. The SMILES string of the molecule is COc1ccc(Cn2ncc(C)c2NC(=O)CCN2C(=O)C(C)Oc3ccccc32)cc1OC. The second kappa shape index (κ2) is 9.86. The van der Waals surface area contributed by atoms with E-state index in [1.807, 2.05) is 49.4 Å². The molecule has 9 heteroatoms. The first-order chi connectivity index (χ1) is 16.4. The summed E-state index contributed by atoms with van der Waals surface area (Å²) in [5.41, 5.74) is 2.46. The summed E-state index contributed by atoms with van der Waals surface area (Å²) in [6.45, 7) is 4.29. The van der Waals surface area contributed by atoms with E-state index in [-0.39, 0.29) is 24.8 Å². The maximum Gasteiger partial charge on any atom is 0.267 e. The Morgan fingerprint density at radius 1 is 1.15 bits per heavy atom. The van der Waals surface area contributed by atoms with Crippen molar-refractivity contribution in [3.8, 4) is 17.2 Å². The topological polar surface area (TPSA) is 94.9 Å². The highest BCUT2D eigenvalue weighted by Gasteiger charge is 2.31. The fourth-order valence-electron chi connectivity index (χ4n) is 3.91. The van der Waals surface area contributed by atoms with E-state index in [9.17, 15) is 9.59 Å². The Morgan fingerprint density at radius 3 is 2.68 bits per heavy atom. The predicted molar refractivity (Wildman–Crippen MR) is 128 cm³/mol. The molecule has 9 nitrogen and oxygen atoms in total. The van der Waals surface area contributed by atoms with Crippen LogP contribution in [0.2, 0.25) is 0 Å². The average Bonchev–Trinajstić information content (AvgIpc) is 3.17. The molecule has 0 saturated heterocycles. The van der Waals surface area contributed by atoms with Crippen molar-refractivity contribution in [2.45, 2.75) is 32.9 Å². The summed E-state index contributed by atoms with van der Waals surface area (Å²) in [7, 11) is 3.18. The predicted octanol–water partition coefficient (Wildman–Crippen LogP) is 3.40. The minimum absolute atomic E-state index is 0.133. The van der Waals surface area contributed by atoms with Crippen LogP contribution in [-0.4, -0.2) is 48.5 Å². The quantitative estimate of drug-likeness (QED) is 0.549. The van der Waals surface area contributed by atoms with Crippen molar-refractivity contribution in [3.05, 3.63) is 59.8 Å². The van der Waals surface area contributed by atoms with Gasteiger partial charge in [-0.05, 0) is 43.7 Å². The van der Waals surface area contributed by atoms with Gasteiger partial charge in [-0.15, -0.1) is 0 Å². The van der Waals surface area contributed by atoms with Gasteiger partial charge in [-0.1, -0.05) is 18.2 Å². The molecule has 1 aliphatic heterocycles. The van der Waals surface area contributed by atoms with E-state index in [0.29, 0.717) is 35.3 Å². The number of carbonyl (C=O) groups excluding carboxylic acids is 2. The molecule has 1 unspecified atom stereocenters. The van der Waals surface area contributed by atoms with Gasteiger partial charge in [-0.3, -0.25) is 9.59 Å². The van der Waals surface area contributed by atoms with Crippen molar-refractivity contribution in [3.63, 3.8) is 0 Å². The van der Waals surface area contributed by atoms with Crippen molar-refractivity contribution >= 4 is 23.3 Å². The minimum atomic E-state index is -0.594. The molecule has 0 radical (unpaired) electrons. The number of aromatic nitrogens is 2. The maximum atomic E-state index is 12.8. The van der Waals surface area contributed by atoms with E-state index in [1.165, 1.54) is 0 Å². The van der Waals surface area contributed by atoms with Crippen LogP contribution in [0.3, 0.4) is 0 Å². The first-order valence-electron chi connectivity index (χ1n) is 11.0. The number of amides is 2. The van der Waals surface area contributed by atoms with E-state index in [1.54, 1.807) is 36.9 Å². The smallest absolute Gasteiger partial charge is 0.267 e. The standard InChI is InChI=1S/C25H28N4O5/c1-16-14-26-29(15-18-9-10-21(32-3)22(13-18)33-4)24(16)27-23(30)11-12-28-19-7-5-6-8-20(19)34-17(2)25(28)31/h5-10,13-14,17H,11-12,15H2,1-4H3,(H,27,30). The summed E-state index contributed by atoms with van der Waals surface area (Å²) in [6, 6.07) is 13.0. The number of methoxy groups -OCH3 is 2. The number of hydrogen-bond acceptors (Lipinski definition) is 6. The van der Waals surface area contributed by atoms with Gasteiger partial charge >= 0.3 is 0 Å². The third-order valence-electron chi connectivity index (χ3n) is 5.70. The van der Waals surface area contributed by atoms with Crippen LogP contribution in [-0.2, 0) is 16.1 Å². The number of benzene rings is 2. The van der Waals surface area contributed by atoms with Crippen LogP contribution in [0.5, 0.6) is 17.2 Å². The number of nitrogens with zero attached hydrogens (tertiary/aromatic N) is 3. The van der Waals surface area contributed by atoms with Crippen molar-refractivity contribution in [2.75, 3.05) is 31.0 Å². The van der Waals surface area contributed by atoms with Crippen LogP contribution in [0, 0.1) is 6.92 Å². The molecule has 3 aromatic rings. The molecule has 1 aliphatic rings. The van der Waals surface area contributed by atoms with Gasteiger partial charge in [0.15, 0.2) is 17.6 Å². The Labute approximate surface area is 198 Å². The van der Waals surface area contributed by atoms with Crippen LogP contribution in [0.1, 0.15) is 24.5 Å². The number of carbonyl (C=O) groups is 2. The minimum Gasteiger partial charge on any atom is -0.493 e. The molecular formula is C25H28N4O5. The highest BCUT2D eigenvalue weighted by atomic mass is 16.5. The molecule has 1 aromatic heterocycles. The van der Waals surface area contributed by atoms with E-state index in [2.05, 4.69) is 10.4 Å². The molecule has 0 aliphatic carbocycles. The summed E-state index contributed by atoms with van der Waals surface area (Å²) in [6.07, 6.45) is 1.25. The first-order valence-corrected chi connectivity index (χ1v) is 11.0. The molecule has 0 saturated carbocycles. The molecule has 2 heterocycles. The van der Waals surface area contributed by atoms with Gasteiger partial charge in [-0.25, -0.2) is 4.68 Å². The zero-order chi connectivity index (χ0) is 24.2. The first kappa shape index (κ1) is 23.2. The summed E-state index contributed by atoms with van der Waals surface area (Å²) < 4.78 is 18.1. The molecule has 178 valence electrons. The number of ether oxygens (including phenoxy) is 3. The highest BCUT2D eigenvalue weighted by molar-refractivity contribution is 6.00. The third-order valence-corrected chi connectivity index (χ3v) is 5.70. The summed E-state index contributed by atoms with van der Waals surface area (Å²) in [5.74, 6) is 2.15. The number of aryl methyl sites for hydroxylation is 1. The zero-order valence-corrected chi connectivity index (χ0v) is 19.7. The van der Waals surface area contributed by atoms with Gasteiger partial charge in [0.25, 0.3) is 5.91 Å². The lowest BCUT2D eigenvalue weighted by Crippen LogP contribution is -2.45. The number of anilines is 2. The van der Waals surface area contributed by atoms with Crippen molar-refractivity contribution < 1.29 is 23.8 Å². The lowest BCUT2D eigenvalue weighted by Gasteiger charge is -2.32. The van der Waals surface area contributed by atoms with Gasteiger partial charge in [0.1, 0.15) is 11.6 Å². The number of para-hydroxylation sites is 2. The normalized spacial score (nSPS) is 14.9. The second-order valence-corrected chi connectivity index (χ2v) is 8.04. The van der Waals surface area contributed by atoms with Crippen LogP contribution in [0.25, 0.3) is 0 Å². The number of nitrogens with one attached hydrogen (secondary N) is 1. The monoisotopic (exact) mass is 464 g/mol. The molecule has 2 amide bonds. The lowest BCUT2D eigenvalue weighted by atomic mass is 10.1. The third kappa shape index (κ3) is 4.68. The lowest BCUT2D eigenvalue weighted by molar-refractivity contribution is -0.125. The van der Waals surface area contributed by atoms with Crippen molar-refractivity contribution in [1.82, 2.24) is 9.78 Å².